The molecule has 8 heteroatoms. The molecule has 1 atom stereocenters. The molecule has 1 N–H and O–H groups in total. The van der Waals surface area contributed by atoms with E-state index in [2.05, 4.69) is 4.90 Å². The molecule has 1 fully saturated rings. The zero-order valence-corrected chi connectivity index (χ0v) is 22.1. The van der Waals surface area contributed by atoms with Gasteiger partial charge in [-0.1, -0.05) is 0 Å². The maximum Gasteiger partial charge on any atom is 0.207 e. The Balaban J connectivity index is 1.36. The Labute approximate surface area is 224 Å². The molecule has 5 rings (SSSR count). The second kappa shape index (κ2) is 11.1. The van der Waals surface area contributed by atoms with E-state index < -0.39 is 0 Å². The van der Waals surface area contributed by atoms with E-state index >= 15 is 0 Å². The molecule has 3 aromatic carbocycles. The van der Waals surface area contributed by atoms with E-state index in [9.17, 15) is 18.7 Å². The molecule has 4 aromatic rings. The van der Waals surface area contributed by atoms with E-state index in [-0.39, 0.29) is 29.9 Å². The van der Waals surface area contributed by atoms with E-state index in [0.717, 1.165) is 26.1 Å². The quantitative estimate of drug-likeness (QED) is 0.232. The number of alkyl halides is 1. The zero-order chi connectivity index (χ0) is 26.8. The molecule has 0 aliphatic carbocycles. The molecule has 2 heterocycles. The predicted molar refractivity (Wildman–Crippen MR) is 145 cm³/mol. The van der Waals surface area contributed by atoms with Crippen LogP contribution < -0.4 is 9.47 Å². The first-order valence-electron chi connectivity index (χ1n) is 12.6. The molecular formula is C30H29F2NO4S. The summed E-state index contributed by atoms with van der Waals surface area (Å²) in [6, 6.07) is 14.7. The number of aryl methyl sites for hydroxylation is 2. The number of carbonyl (C=O) groups excluding carboxylic acids is 1. The van der Waals surface area contributed by atoms with Crippen LogP contribution in [0.5, 0.6) is 23.0 Å². The van der Waals surface area contributed by atoms with Crippen molar-refractivity contribution in [2.24, 2.45) is 5.92 Å². The Kier molecular flexibility index (Phi) is 7.63. The lowest BCUT2D eigenvalue weighted by atomic mass is 9.97. The molecule has 0 spiro atoms. The number of phenols is 1. The summed E-state index contributed by atoms with van der Waals surface area (Å²) in [6.45, 7) is 6.08. The molecule has 0 bridgehead atoms. The molecule has 0 radical (unpaired) electrons. The molecule has 38 heavy (non-hydrogen) atoms. The number of hydrogen-bond acceptors (Lipinski definition) is 6. The minimum atomic E-state index is -0.388. The number of ketones is 1. The van der Waals surface area contributed by atoms with Crippen LogP contribution >= 0.6 is 11.3 Å². The van der Waals surface area contributed by atoms with Crippen molar-refractivity contribution in [2.75, 3.05) is 32.9 Å². The van der Waals surface area contributed by atoms with Gasteiger partial charge in [-0.2, -0.15) is 0 Å². The number of thiophene rings is 1. The van der Waals surface area contributed by atoms with Gasteiger partial charge in [-0.25, -0.2) is 4.39 Å². The van der Waals surface area contributed by atoms with Gasteiger partial charge >= 0.3 is 0 Å². The number of halogens is 2. The molecule has 1 aliphatic heterocycles. The van der Waals surface area contributed by atoms with Gasteiger partial charge in [0.1, 0.15) is 34.5 Å². The topological polar surface area (TPSA) is 59.0 Å². The predicted octanol–water partition coefficient (Wildman–Crippen LogP) is 7.06. The summed E-state index contributed by atoms with van der Waals surface area (Å²) in [5.74, 6) is 1.19. The van der Waals surface area contributed by atoms with Crippen LogP contribution in [-0.2, 0) is 0 Å². The van der Waals surface area contributed by atoms with Gasteiger partial charge in [-0.05, 0) is 92.5 Å². The van der Waals surface area contributed by atoms with Crippen LogP contribution in [0.3, 0.4) is 0 Å². The third-order valence-corrected chi connectivity index (χ3v) is 8.00. The standard InChI is InChI=1S/C30H29F2NO4S/c1-18-13-21(32)14-19(2)27(18)28(35)30-29(25-8-3-22(34)15-26(25)38-30)37-24-6-4-23(5-7-24)36-12-11-33-10-9-20(16-31)17-33/h3-8,13-15,20,34H,9-12,16-17H2,1-2H3. The number of fused-ring (bicyclic) bond motifs is 1. The maximum atomic E-state index is 13.9. The van der Waals surface area contributed by atoms with Gasteiger partial charge in [0.05, 0.1) is 6.67 Å². The Morgan fingerprint density at radius 1 is 1.08 bits per heavy atom. The molecule has 1 aliphatic rings. The third kappa shape index (κ3) is 5.51. The summed E-state index contributed by atoms with van der Waals surface area (Å²) in [5, 5.41) is 10.7. The number of likely N-dealkylation sites (tertiary alicyclic amines) is 1. The Morgan fingerprint density at radius 3 is 2.47 bits per heavy atom. The van der Waals surface area contributed by atoms with Crippen molar-refractivity contribution >= 4 is 27.2 Å². The smallest absolute Gasteiger partial charge is 0.207 e. The average molecular weight is 538 g/mol. The molecular weight excluding hydrogens is 508 g/mol. The van der Waals surface area contributed by atoms with Gasteiger partial charge in [0.2, 0.25) is 5.78 Å². The first-order chi connectivity index (χ1) is 18.3. The first kappa shape index (κ1) is 26.1. The van der Waals surface area contributed by atoms with Crippen molar-refractivity contribution in [3.63, 3.8) is 0 Å². The van der Waals surface area contributed by atoms with E-state index in [1.54, 1.807) is 56.3 Å². The van der Waals surface area contributed by atoms with Gasteiger partial charge in [-0.3, -0.25) is 14.1 Å². The van der Waals surface area contributed by atoms with Crippen LogP contribution in [0.1, 0.15) is 32.8 Å². The van der Waals surface area contributed by atoms with E-state index in [4.69, 9.17) is 9.47 Å². The van der Waals surface area contributed by atoms with Crippen molar-refractivity contribution in [2.45, 2.75) is 20.3 Å². The lowest BCUT2D eigenvalue weighted by molar-refractivity contribution is 0.103. The highest BCUT2D eigenvalue weighted by molar-refractivity contribution is 7.21. The fraction of sp³-hybridized carbons (Fsp3) is 0.300. The van der Waals surface area contributed by atoms with Crippen molar-refractivity contribution in [3.05, 3.63) is 82.0 Å². The van der Waals surface area contributed by atoms with Crippen LogP contribution in [-0.4, -0.2) is 48.7 Å². The number of carbonyl (C=O) groups is 1. The molecule has 1 aromatic heterocycles. The molecule has 0 saturated carbocycles. The monoisotopic (exact) mass is 537 g/mol. The van der Waals surface area contributed by atoms with Gasteiger partial charge in [-0.15, -0.1) is 11.3 Å². The number of nitrogens with zero attached hydrogens (tertiary/aromatic N) is 1. The van der Waals surface area contributed by atoms with Gasteiger partial charge in [0.15, 0.2) is 5.75 Å². The molecule has 198 valence electrons. The van der Waals surface area contributed by atoms with Crippen LogP contribution in [0.15, 0.2) is 54.6 Å². The highest BCUT2D eigenvalue weighted by Gasteiger charge is 2.25. The van der Waals surface area contributed by atoms with E-state index in [0.29, 0.717) is 55.5 Å². The molecule has 1 unspecified atom stereocenters. The van der Waals surface area contributed by atoms with E-state index in [1.807, 2.05) is 0 Å². The van der Waals surface area contributed by atoms with Crippen LogP contribution in [0.2, 0.25) is 0 Å². The number of aromatic hydroxyl groups is 1. The number of ether oxygens (including phenoxy) is 2. The number of benzene rings is 3. The van der Waals surface area contributed by atoms with Gasteiger partial charge in [0, 0.05) is 34.7 Å². The molecule has 0 amide bonds. The lowest BCUT2D eigenvalue weighted by Crippen LogP contribution is -2.26. The minimum Gasteiger partial charge on any atom is -0.508 e. The Hall–Kier alpha value is -3.49. The maximum absolute atomic E-state index is 13.9. The summed E-state index contributed by atoms with van der Waals surface area (Å²) in [6.07, 6.45) is 0.893. The number of phenolic OH excluding ortho intramolecular Hbond substituents is 1. The molecule has 5 nitrogen and oxygen atoms in total. The largest absolute Gasteiger partial charge is 0.508 e. The van der Waals surface area contributed by atoms with Crippen LogP contribution in [0.25, 0.3) is 10.1 Å². The summed E-state index contributed by atoms with van der Waals surface area (Å²) in [5.41, 5.74) is 1.54. The second-order valence-electron chi connectivity index (χ2n) is 9.72. The SMILES string of the molecule is Cc1cc(F)cc(C)c1C(=O)c1sc2cc(O)ccc2c1Oc1ccc(OCCN2CCC(CF)C2)cc1. The summed E-state index contributed by atoms with van der Waals surface area (Å²) >= 11 is 1.23. The fourth-order valence-corrected chi connectivity index (χ4v) is 6.06. The van der Waals surface area contributed by atoms with Crippen molar-refractivity contribution in [3.8, 4) is 23.0 Å². The van der Waals surface area contributed by atoms with Crippen molar-refractivity contribution < 1.29 is 28.2 Å². The Morgan fingerprint density at radius 2 is 1.79 bits per heavy atom. The number of hydrogen-bond donors (Lipinski definition) is 1. The van der Waals surface area contributed by atoms with E-state index in [1.165, 1.54) is 23.5 Å². The van der Waals surface area contributed by atoms with Crippen molar-refractivity contribution in [1.82, 2.24) is 4.90 Å². The molecule has 1 saturated heterocycles. The zero-order valence-electron chi connectivity index (χ0n) is 21.3. The highest BCUT2D eigenvalue weighted by Crippen LogP contribution is 2.43. The highest BCUT2D eigenvalue weighted by atomic mass is 32.1. The second-order valence-corrected chi connectivity index (χ2v) is 10.8. The minimum absolute atomic E-state index is 0.0917. The normalized spacial score (nSPS) is 15.7. The summed E-state index contributed by atoms with van der Waals surface area (Å²) < 4.78 is 39.5. The van der Waals surface area contributed by atoms with Crippen LogP contribution in [0, 0.1) is 25.6 Å². The lowest BCUT2D eigenvalue weighted by Gasteiger charge is -2.16. The Bertz CT molecular complexity index is 1440. The first-order valence-corrected chi connectivity index (χ1v) is 13.4. The number of rotatable bonds is 9. The van der Waals surface area contributed by atoms with Crippen molar-refractivity contribution in [1.29, 1.82) is 0 Å². The summed E-state index contributed by atoms with van der Waals surface area (Å²) in [4.78, 5) is 16.3. The fourth-order valence-electron chi connectivity index (χ4n) is 4.95. The summed E-state index contributed by atoms with van der Waals surface area (Å²) in [7, 11) is 0. The average Bonchev–Trinajstić information content (AvgIpc) is 3.48. The third-order valence-electron chi connectivity index (χ3n) is 6.87. The van der Waals surface area contributed by atoms with Gasteiger partial charge in [0.25, 0.3) is 0 Å². The van der Waals surface area contributed by atoms with Crippen LogP contribution in [0.4, 0.5) is 8.78 Å². The van der Waals surface area contributed by atoms with Gasteiger partial charge < -0.3 is 14.6 Å².